The van der Waals surface area contributed by atoms with Crippen LogP contribution in [0.5, 0.6) is 0 Å². The summed E-state index contributed by atoms with van der Waals surface area (Å²) in [6, 6.07) is 10.4. The van der Waals surface area contributed by atoms with Crippen molar-refractivity contribution in [2.24, 2.45) is 5.18 Å². The monoisotopic (exact) mass is 395 g/mol. The van der Waals surface area contributed by atoms with Gasteiger partial charge in [0.25, 0.3) is 0 Å². The second-order valence-corrected chi connectivity index (χ2v) is 14.6. The number of amides is 1. The molecular formula is C21H25N3O3Si. The number of nitrogens with zero attached hydrogens (tertiary/aromatic N) is 3. The minimum absolute atomic E-state index is 0.0333. The van der Waals surface area contributed by atoms with Crippen molar-refractivity contribution < 1.29 is 9.53 Å². The maximum absolute atomic E-state index is 13.5. The summed E-state index contributed by atoms with van der Waals surface area (Å²) in [5, 5.41) is 3.04. The number of anilines is 1. The van der Waals surface area contributed by atoms with E-state index in [4.69, 9.17) is 4.74 Å². The van der Waals surface area contributed by atoms with Crippen LogP contribution < -0.4 is 4.90 Å². The van der Waals surface area contributed by atoms with Gasteiger partial charge in [-0.15, -0.1) is 4.91 Å². The Morgan fingerprint density at radius 1 is 1.21 bits per heavy atom. The number of hydrogen-bond acceptors (Lipinski definition) is 5. The summed E-state index contributed by atoms with van der Waals surface area (Å²) >= 11 is 0. The van der Waals surface area contributed by atoms with Gasteiger partial charge >= 0.3 is 0 Å². The standard InChI is InChI=1S/C21H25N3O3Si/c1-28(2,3)10-9-27-14-24-19-18(5-4-8-22-19)21(20(24)25)12-15-6-7-17(23-26)11-16(15)13-21/h4-8,11H,9-10,12-14H2,1-3H3. The number of nitroso groups, excluding NO2 is 1. The van der Waals surface area contributed by atoms with E-state index in [1.54, 1.807) is 23.2 Å². The van der Waals surface area contributed by atoms with E-state index in [9.17, 15) is 9.70 Å². The van der Waals surface area contributed by atoms with Crippen LogP contribution in [0.2, 0.25) is 25.7 Å². The predicted molar refractivity (Wildman–Crippen MR) is 112 cm³/mol. The van der Waals surface area contributed by atoms with Crippen LogP contribution in [0.3, 0.4) is 0 Å². The average molecular weight is 396 g/mol. The molecule has 1 amide bonds. The first-order chi connectivity index (χ1) is 13.3. The number of aromatic nitrogens is 1. The topological polar surface area (TPSA) is 71.9 Å². The minimum atomic E-state index is -1.19. The van der Waals surface area contributed by atoms with Gasteiger partial charge in [-0.2, -0.15) is 0 Å². The molecule has 0 radical (unpaired) electrons. The molecule has 4 rings (SSSR count). The number of fused-ring (bicyclic) bond motifs is 3. The van der Waals surface area contributed by atoms with Crippen LogP contribution in [-0.2, 0) is 27.8 Å². The van der Waals surface area contributed by atoms with Crippen LogP contribution in [0.1, 0.15) is 16.7 Å². The molecule has 146 valence electrons. The number of rotatable bonds is 6. The summed E-state index contributed by atoms with van der Waals surface area (Å²) in [4.78, 5) is 30.6. The number of carbonyl (C=O) groups is 1. The highest BCUT2D eigenvalue weighted by Gasteiger charge is 2.54. The fraction of sp³-hybridized carbons (Fsp3) is 0.429. The van der Waals surface area contributed by atoms with E-state index < -0.39 is 13.5 Å². The lowest BCUT2D eigenvalue weighted by molar-refractivity contribution is -0.124. The first-order valence-corrected chi connectivity index (χ1v) is 13.4. The Kier molecular flexibility index (Phi) is 4.67. The van der Waals surface area contributed by atoms with Gasteiger partial charge in [0.15, 0.2) is 0 Å². The van der Waals surface area contributed by atoms with Crippen LogP contribution in [0.15, 0.2) is 41.7 Å². The second kappa shape index (κ2) is 6.90. The zero-order chi connectivity index (χ0) is 19.9. The lowest BCUT2D eigenvalue weighted by atomic mass is 9.79. The van der Waals surface area contributed by atoms with E-state index in [0.29, 0.717) is 31.0 Å². The fourth-order valence-corrected chi connectivity index (χ4v) is 4.93. The first kappa shape index (κ1) is 19.0. The van der Waals surface area contributed by atoms with Gasteiger partial charge in [-0.05, 0) is 53.4 Å². The summed E-state index contributed by atoms with van der Waals surface area (Å²) in [5.74, 6) is 0.730. The summed E-state index contributed by atoms with van der Waals surface area (Å²) in [5.41, 5.74) is 2.80. The van der Waals surface area contributed by atoms with Gasteiger partial charge in [-0.25, -0.2) is 4.98 Å². The number of benzene rings is 1. The van der Waals surface area contributed by atoms with E-state index in [1.807, 2.05) is 18.2 Å². The number of hydrogen-bond donors (Lipinski definition) is 0. The normalized spacial score (nSPS) is 20.5. The Morgan fingerprint density at radius 3 is 2.75 bits per heavy atom. The molecule has 1 aromatic carbocycles. The number of pyridine rings is 1. The van der Waals surface area contributed by atoms with Crippen molar-refractivity contribution >= 4 is 25.5 Å². The molecule has 1 atom stereocenters. The Hall–Kier alpha value is -2.38. The molecule has 1 spiro atoms. The number of carbonyl (C=O) groups excluding carboxylic acids is 1. The smallest absolute Gasteiger partial charge is 0.241 e. The van der Waals surface area contributed by atoms with Gasteiger partial charge in [0.1, 0.15) is 18.2 Å². The van der Waals surface area contributed by atoms with Gasteiger partial charge in [0.2, 0.25) is 5.91 Å². The Morgan fingerprint density at radius 2 is 2.00 bits per heavy atom. The van der Waals surface area contributed by atoms with Crippen molar-refractivity contribution in [1.82, 2.24) is 4.98 Å². The van der Waals surface area contributed by atoms with Crippen molar-refractivity contribution in [3.05, 3.63) is 58.1 Å². The average Bonchev–Trinajstić information content (AvgIpc) is 3.15. The Labute approximate surface area is 165 Å². The lowest BCUT2D eigenvalue weighted by Gasteiger charge is -2.23. The Bertz CT molecular complexity index is 941. The SMILES string of the molecule is C[Si](C)(C)CCOCN1C(=O)C2(Cc3ccc(N=O)cc3C2)c2cccnc21. The molecule has 1 unspecified atom stereocenters. The van der Waals surface area contributed by atoms with Gasteiger partial charge in [-0.3, -0.25) is 9.69 Å². The highest BCUT2D eigenvalue weighted by atomic mass is 28.3. The fourth-order valence-electron chi connectivity index (χ4n) is 4.17. The Balaban J connectivity index is 1.60. The van der Waals surface area contributed by atoms with Crippen molar-refractivity contribution in [3.63, 3.8) is 0 Å². The summed E-state index contributed by atoms with van der Waals surface area (Å²) in [6.45, 7) is 7.81. The third-order valence-corrected chi connectivity index (χ3v) is 7.41. The summed E-state index contributed by atoms with van der Waals surface area (Å²) < 4.78 is 5.88. The molecule has 0 saturated carbocycles. The van der Waals surface area contributed by atoms with Gasteiger partial charge in [0, 0.05) is 26.4 Å². The van der Waals surface area contributed by atoms with E-state index in [2.05, 4.69) is 29.8 Å². The van der Waals surface area contributed by atoms with Crippen molar-refractivity contribution in [3.8, 4) is 0 Å². The molecule has 6 nitrogen and oxygen atoms in total. The summed E-state index contributed by atoms with van der Waals surface area (Å²) in [7, 11) is -1.19. The maximum Gasteiger partial charge on any atom is 0.241 e. The molecule has 2 heterocycles. The highest BCUT2D eigenvalue weighted by molar-refractivity contribution is 6.76. The molecule has 7 heteroatoms. The lowest BCUT2D eigenvalue weighted by Crippen LogP contribution is -2.42. The zero-order valence-electron chi connectivity index (χ0n) is 16.6. The molecule has 1 aliphatic carbocycles. The van der Waals surface area contributed by atoms with E-state index in [0.717, 1.165) is 22.7 Å². The number of ether oxygens (including phenoxy) is 1. The van der Waals surface area contributed by atoms with Crippen LogP contribution in [0.25, 0.3) is 0 Å². The third-order valence-electron chi connectivity index (χ3n) is 5.71. The molecule has 28 heavy (non-hydrogen) atoms. The van der Waals surface area contributed by atoms with Crippen molar-refractivity contribution in [2.45, 2.75) is 43.9 Å². The van der Waals surface area contributed by atoms with Crippen LogP contribution in [-0.4, -0.2) is 32.3 Å². The van der Waals surface area contributed by atoms with Gasteiger partial charge < -0.3 is 4.74 Å². The molecule has 1 aliphatic heterocycles. The molecule has 0 N–H and O–H groups in total. The molecular weight excluding hydrogens is 370 g/mol. The summed E-state index contributed by atoms with van der Waals surface area (Å²) in [6.07, 6.45) is 2.90. The largest absolute Gasteiger partial charge is 0.361 e. The van der Waals surface area contributed by atoms with Crippen molar-refractivity contribution in [2.75, 3.05) is 18.2 Å². The quantitative estimate of drug-likeness (QED) is 0.418. The second-order valence-electron chi connectivity index (χ2n) is 8.94. The molecule has 1 aromatic heterocycles. The third kappa shape index (κ3) is 3.18. The van der Waals surface area contributed by atoms with E-state index in [-0.39, 0.29) is 12.6 Å². The zero-order valence-corrected chi connectivity index (χ0v) is 17.6. The van der Waals surface area contributed by atoms with Gasteiger partial charge in [0.05, 0.1) is 5.41 Å². The maximum atomic E-state index is 13.5. The first-order valence-electron chi connectivity index (χ1n) is 9.64. The van der Waals surface area contributed by atoms with Crippen molar-refractivity contribution in [1.29, 1.82) is 0 Å². The van der Waals surface area contributed by atoms with Gasteiger partial charge in [-0.1, -0.05) is 31.8 Å². The molecule has 0 saturated heterocycles. The highest BCUT2D eigenvalue weighted by Crippen LogP contribution is 2.49. The van der Waals surface area contributed by atoms with Crippen LogP contribution >= 0.6 is 0 Å². The van der Waals surface area contributed by atoms with E-state index in [1.165, 1.54) is 0 Å². The van der Waals surface area contributed by atoms with Crippen LogP contribution in [0.4, 0.5) is 11.5 Å². The molecule has 2 aromatic rings. The molecule has 0 fully saturated rings. The molecule has 2 aliphatic rings. The van der Waals surface area contributed by atoms with E-state index >= 15 is 0 Å². The minimum Gasteiger partial charge on any atom is -0.361 e. The predicted octanol–water partition coefficient (Wildman–Crippen LogP) is 4.18. The molecule has 0 bridgehead atoms. The van der Waals surface area contributed by atoms with Crippen LogP contribution in [0, 0.1) is 4.91 Å².